The van der Waals surface area contributed by atoms with E-state index in [9.17, 15) is 24.6 Å². The van der Waals surface area contributed by atoms with E-state index in [4.69, 9.17) is 0 Å². The Morgan fingerprint density at radius 3 is 2.67 bits per heavy atom. The smallest absolute Gasteiger partial charge is 1.00 e. The molecule has 0 spiro atoms. The predicted molar refractivity (Wildman–Crippen MR) is 102 cm³/mol. The van der Waals surface area contributed by atoms with Crippen molar-refractivity contribution in [3.05, 3.63) is 23.8 Å². The minimum Gasteiger partial charge on any atom is -1.00 e. The van der Waals surface area contributed by atoms with Crippen LogP contribution in [-0.4, -0.2) is 77.5 Å². The molecule has 3 fully saturated rings. The molecule has 2 N–H and O–H groups in total. The zero-order valence-corrected chi connectivity index (χ0v) is 18.2. The second-order valence-corrected chi connectivity index (χ2v) is 9.02. The number of Topliss-reactive ketones (excluding diaryl/α,β-unsaturated/α-hetero) is 2. The van der Waals surface area contributed by atoms with Crippen molar-refractivity contribution in [2.24, 2.45) is 28.6 Å². The van der Waals surface area contributed by atoms with E-state index in [-0.39, 0.29) is 76.3 Å². The van der Waals surface area contributed by atoms with Crippen LogP contribution in [0.25, 0.3) is 0 Å². The number of rotatable bonds is 2. The molecule has 0 saturated heterocycles. The monoisotopic (exact) mass is 400 g/mol. The Balaban J connectivity index is 0.00000140. The molecule has 27 heavy (non-hydrogen) atoms. The van der Waals surface area contributed by atoms with Gasteiger partial charge < -0.3 is 13.1 Å². The molecule has 0 aromatic heterocycles. The molecular weight excluding hydrogens is 372 g/mol. The van der Waals surface area contributed by atoms with Crippen LogP contribution in [0, 0.1) is 28.6 Å². The van der Waals surface area contributed by atoms with E-state index < -0.39 is 28.8 Å². The van der Waals surface area contributed by atoms with Crippen LogP contribution in [0.5, 0.6) is 0 Å². The zero-order chi connectivity index (χ0) is 18.9. The van der Waals surface area contributed by atoms with Gasteiger partial charge in [-0.1, -0.05) is 25.5 Å². The first-order valence-electron chi connectivity index (χ1n) is 9.51. The van der Waals surface area contributed by atoms with Crippen molar-refractivity contribution in [3.63, 3.8) is 0 Å². The molecule has 144 valence electrons. The van der Waals surface area contributed by atoms with Crippen LogP contribution in [0.4, 0.5) is 0 Å². The molecule has 0 amide bonds. The minimum absolute atomic E-state index is 0. The van der Waals surface area contributed by atoms with E-state index in [0.717, 1.165) is 18.4 Å². The van der Waals surface area contributed by atoms with Crippen LogP contribution in [0.2, 0.25) is 0 Å². The number of fused-ring (bicyclic) bond motifs is 5. The third-order valence-corrected chi connectivity index (χ3v) is 8.01. The molecule has 6 atom stereocenters. The number of ketones is 3. The Morgan fingerprint density at radius 2 is 2.00 bits per heavy atom. The molecule has 0 radical (unpaired) electrons. The van der Waals surface area contributed by atoms with E-state index in [1.165, 1.54) is 0 Å². The Labute approximate surface area is 192 Å². The van der Waals surface area contributed by atoms with Crippen LogP contribution >= 0.6 is 0 Å². The first-order valence-corrected chi connectivity index (χ1v) is 9.51. The average Bonchev–Trinajstić information content (AvgIpc) is 2.86. The molecule has 4 aliphatic rings. The molecule has 4 rings (SSSR count). The van der Waals surface area contributed by atoms with E-state index >= 15 is 0 Å². The van der Waals surface area contributed by atoms with E-state index in [1.807, 2.05) is 19.9 Å². The second-order valence-electron chi connectivity index (χ2n) is 9.02. The number of aliphatic hydroxyl groups is 2. The molecule has 5 nitrogen and oxygen atoms in total. The largest absolute Gasteiger partial charge is 2.00 e. The summed E-state index contributed by atoms with van der Waals surface area (Å²) in [6.45, 7) is 3.19. The molecule has 0 heterocycles. The topological polar surface area (TPSA) is 91.7 Å². The quantitative estimate of drug-likeness (QED) is 0.687. The van der Waals surface area contributed by atoms with Gasteiger partial charge in [0.05, 0.1) is 0 Å². The summed E-state index contributed by atoms with van der Waals surface area (Å²) < 4.78 is 0. The maximum atomic E-state index is 13.3. The molecule has 4 aliphatic carbocycles. The van der Waals surface area contributed by atoms with Crippen molar-refractivity contribution >= 4 is 55.1 Å². The van der Waals surface area contributed by atoms with Crippen molar-refractivity contribution in [3.8, 4) is 0 Å². The normalized spacial score (nSPS) is 45.3. The standard InChI is InChI=1S/C21H26O5.Ca.2H/c1-19-7-5-13(23)9-12(19)3-4-14-15-6-8-21(26,17(25)11-22)20(15,2)10-16(24)18(14)19;;;/h5,7,9,14-15,18,22,26H,3-4,6,8,10-11H2,1-2H3;;;/q;+2;2*-1/t14-,15?,18+,19+,20+,21+;;;/m1.../s1. The van der Waals surface area contributed by atoms with Crippen molar-refractivity contribution < 1.29 is 27.4 Å². The summed E-state index contributed by atoms with van der Waals surface area (Å²) in [5, 5.41) is 20.5. The SMILES string of the molecule is C[C@]12C=CC(=O)C=C1CC[C@@H]1C3CC[C@](O)(C(=O)CO)[C@@]3(C)CC(=O)[C@H]12.[Ca+2].[H-].[H-]. The van der Waals surface area contributed by atoms with Gasteiger partial charge in [-0.25, -0.2) is 0 Å². The van der Waals surface area contributed by atoms with E-state index in [2.05, 4.69) is 0 Å². The van der Waals surface area contributed by atoms with Crippen LogP contribution in [-0.2, 0) is 14.4 Å². The Bertz CT molecular complexity index is 781. The predicted octanol–water partition coefficient (Wildman–Crippen LogP) is 1.61. The molecule has 0 aromatic rings. The molecule has 0 aromatic carbocycles. The third-order valence-electron chi connectivity index (χ3n) is 8.01. The van der Waals surface area contributed by atoms with Gasteiger partial charge in [0.2, 0.25) is 0 Å². The van der Waals surface area contributed by atoms with Gasteiger partial charge in [-0.2, -0.15) is 0 Å². The van der Waals surface area contributed by atoms with Gasteiger partial charge in [0.1, 0.15) is 18.0 Å². The van der Waals surface area contributed by atoms with Gasteiger partial charge in [0, 0.05) is 23.2 Å². The fraction of sp³-hybridized carbons (Fsp3) is 0.667. The first-order chi connectivity index (χ1) is 12.2. The number of carbonyl (C=O) groups excluding carboxylic acids is 3. The maximum Gasteiger partial charge on any atom is 2.00 e. The van der Waals surface area contributed by atoms with Gasteiger partial charge in [-0.05, 0) is 49.7 Å². The molecule has 0 aliphatic heterocycles. The second kappa shape index (κ2) is 6.87. The van der Waals surface area contributed by atoms with Gasteiger partial charge in [-0.15, -0.1) is 0 Å². The van der Waals surface area contributed by atoms with Crippen LogP contribution in [0.3, 0.4) is 0 Å². The third kappa shape index (κ3) is 2.72. The summed E-state index contributed by atoms with van der Waals surface area (Å²) in [7, 11) is 0. The number of allylic oxidation sites excluding steroid dienone is 4. The van der Waals surface area contributed by atoms with Gasteiger partial charge >= 0.3 is 37.7 Å². The summed E-state index contributed by atoms with van der Waals surface area (Å²) in [5.41, 5.74) is -1.86. The van der Waals surface area contributed by atoms with E-state index in [1.54, 1.807) is 12.2 Å². The number of aliphatic hydroxyl groups excluding tert-OH is 1. The van der Waals surface area contributed by atoms with E-state index in [0.29, 0.717) is 12.8 Å². The summed E-state index contributed by atoms with van der Waals surface area (Å²) in [4.78, 5) is 37.4. The Morgan fingerprint density at radius 1 is 1.30 bits per heavy atom. The average molecular weight is 401 g/mol. The van der Waals surface area contributed by atoms with Crippen LogP contribution in [0.1, 0.15) is 48.8 Å². The number of hydrogen-bond acceptors (Lipinski definition) is 5. The summed E-state index contributed by atoms with van der Waals surface area (Å²) in [5.74, 6) is -0.590. The molecule has 6 heteroatoms. The Kier molecular flexibility index (Phi) is 5.44. The van der Waals surface area contributed by atoms with Crippen molar-refractivity contribution in [1.29, 1.82) is 0 Å². The number of hydrogen-bond donors (Lipinski definition) is 2. The van der Waals surface area contributed by atoms with Gasteiger partial charge in [0.15, 0.2) is 11.6 Å². The molecule has 1 unspecified atom stereocenters. The zero-order valence-electron chi connectivity index (χ0n) is 18.0. The summed E-state index contributed by atoms with van der Waals surface area (Å²) >= 11 is 0. The Hall–Kier alpha value is -0.330. The van der Waals surface area contributed by atoms with Gasteiger partial charge in [0.25, 0.3) is 0 Å². The summed E-state index contributed by atoms with van der Waals surface area (Å²) in [6, 6.07) is 0. The fourth-order valence-corrected chi connectivity index (χ4v) is 6.62. The molecule has 0 bridgehead atoms. The van der Waals surface area contributed by atoms with Crippen molar-refractivity contribution in [2.75, 3.05) is 6.61 Å². The number of carbonyl (C=O) groups is 3. The van der Waals surface area contributed by atoms with Crippen LogP contribution in [0.15, 0.2) is 23.8 Å². The maximum absolute atomic E-state index is 13.3. The first kappa shape index (κ1) is 21.4. The fourth-order valence-electron chi connectivity index (χ4n) is 6.62. The van der Waals surface area contributed by atoms with Crippen molar-refractivity contribution in [2.45, 2.75) is 51.6 Å². The molecular formula is C21H28CaO5. The molecule has 3 saturated carbocycles. The van der Waals surface area contributed by atoms with Crippen LogP contribution < -0.4 is 0 Å². The minimum atomic E-state index is -1.62. The van der Waals surface area contributed by atoms with Gasteiger partial charge in [-0.3, -0.25) is 14.4 Å². The summed E-state index contributed by atoms with van der Waals surface area (Å²) in [6.07, 6.45) is 7.82. The van der Waals surface area contributed by atoms with Crippen molar-refractivity contribution in [1.82, 2.24) is 0 Å².